The summed E-state index contributed by atoms with van der Waals surface area (Å²) in [5.41, 5.74) is 0. The second kappa shape index (κ2) is 8.76. The summed E-state index contributed by atoms with van der Waals surface area (Å²) < 4.78 is 0. The van der Waals surface area contributed by atoms with Crippen LogP contribution in [0.4, 0.5) is 4.79 Å². The van der Waals surface area contributed by atoms with E-state index in [-0.39, 0.29) is 0 Å². The van der Waals surface area contributed by atoms with E-state index in [0.717, 1.165) is 0 Å². The van der Waals surface area contributed by atoms with Gasteiger partial charge in [0.2, 0.25) is 0 Å². The number of aliphatic carboxylic acids is 1. The van der Waals surface area contributed by atoms with E-state index in [1.54, 1.807) is 0 Å². The molecule has 0 fully saturated rings. The van der Waals surface area contributed by atoms with Gasteiger partial charge in [0.1, 0.15) is 0 Å². The highest BCUT2D eigenvalue weighted by Crippen LogP contribution is 2.03. The average Bonchev–Trinajstić information content (AvgIpc) is 2.29. The molecule has 0 spiro atoms. The largest absolute Gasteiger partial charge is 0.480 e. The third-order valence-corrected chi connectivity index (χ3v) is 3.02. The molecule has 0 saturated carbocycles. The molecule has 0 bridgehead atoms. The third-order valence-electron chi connectivity index (χ3n) is 3.02. The van der Waals surface area contributed by atoms with Crippen LogP contribution in [0.2, 0.25) is 0 Å². The van der Waals surface area contributed by atoms with E-state index >= 15 is 0 Å². The predicted octanol–water partition coefficient (Wildman–Crippen LogP) is 0.238. The molecule has 0 rings (SSSR count). The first kappa shape index (κ1) is 18.7. The molecular weight excluding hydrogens is 262 g/mol. The van der Waals surface area contributed by atoms with Crippen LogP contribution in [0.3, 0.4) is 0 Å². The molecule has 0 aromatic heterocycles. The van der Waals surface area contributed by atoms with Gasteiger partial charge in [0.05, 0.1) is 6.10 Å². The number of hydrogen-bond acceptors (Lipinski definition) is 4. The zero-order valence-corrected chi connectivity index (χ0v) is 12.9. The van der Waals surface area contributed by atoms with Crippen LogP contribution < -0.4 is 10.6 Å². The average molecular weight is 289 g/mol. The molecule has 0 aliphatic rings. The molecule has 0 radical (unpaired) electrons. The van der Waals surface area contributed by atoms with E-state index in [1.165, 1.54) is 6.92 Å². The highest BCUT2D eigenvalue weighted by atomic mass is 16.4. The van der Waals surface area contributed by atoms with Crippen molar-refractivity contribution in [3.8, 4) is 0 Å². The van der Waals surface area contributed by atoms with Crippen molar-refractivity contribution in [2.45, 2.75) is 58.8 Å². The van der Waals surface area contributed by atoms with Crippen molar-refractivity contribution in [2.75, 3.05) is 13.1 Å². The molecule has 0 aliphatic carbocycles. The van der Waals surface area contributed by atoms with E-state index in [1.807, 2.05) is 0 Å². The van der Waals surface area contributed by atoms with Gasteiger partial charge in [0, 0.05) is 25.2 Å². The zero-order valence-electron chi connectivity index (χ0n) is 12.9. The van der Waals surface area contributed by atoms with E-state index in [4.69, 9.17) is 5.11 Å². The summed E-state index contributed by atoms with van der Waals surface area (Å²) in [5, 5.41) is 22.9. The molecule has 7 nitrogen and oxygen atoms in total. The number of carbonyl (C=O) groups excluding carboxylic acids is 1. The molecule has 0 aromatic carbocycles. The Labute approximate surface area is 120 Å². The first-order chi connectivity index (χ1) is 9.16. The van der Waals surface area contributed by atoms with Crippen molar-refractivity contribution in [2.24, 2.45) is 0 Å². The molecule has 0 aromatic rings. The summed E-state index contributed by atoms with van der Waals surface area (Å²) in [6, 6.07) is -1.17. The van der Waals surface area contributed by atoms with Crippen molar-refractivity contribution in [3.63, 3.8) is 0 Å². The quantitative estimate of drug-likeness (QED) is 0.512. The summed E-state index contributed by atoms with van der Waals surface area (Å²) >= 11 is 0. The lowest BCUT2D eigenvalue weighted by atomic mass is 10.2. The number of aliphatic hydroxyl groups excluding tert-OH is 1. The number of aliphatic hydroxyl groups is 1. The van der Waals surface area contributed by atoms with Crippen LogP contribution in [0, 0.1) is 0 Å². The molecule has 2 atom stereocenters. The van der Waals surface area contributed by atoms with Crippen LogP contribution >= 0.6 is 0 Å². The second-order valence-corrected chi connectivity index (χ2v) is 5.38. The molecule has 20 heavy (non-hydrogen) atoms. The Hall–Kier alpha value is -1.34. The molecule has 7 heteroatoms. The number of hydrogen-bond donors (Lipinski definition) is 4. The number of rotatable bonds is 8. The Balaban J connectivity index is 4.19. The first-order valence-corrected chi connectivity index (χ1v) is 6.87. The highest BCUT2D eigenvalue weighted by Gasteiger charge is 2.24. The topological polar surface area (TPSA) is 102 Å². The van der Waals surface area contributed by atoms with E-state index in [0.29, 0.717) is 25.2 Å². The van der Waals surface area contributed by atoms with Crippen molar-refractivity contribution in [3.05, 3.63) is 0 Å². The maximum absolute atomic E-state index is 11.6. The highest BCUT2D eigenvalue weighted by molar-refractivity contribution is 5.82. The van der Waals surface area contributed by atoms with E-state index in [2.05, 4.69) is 43.2 Å². The number of carboxylic acids is 1. The molecule has 0 heterocycles. The van der Waals surface area contributed by atoms with Crippen LogP contribution in [0.5, 0.6) is 0 Å². The lowest BCUT2D eigenvalue weighted by Gasteiger charge is -2.30. The Kier molecular flexibility index (Phi) is 8.17. The lowest BCUT2D eigenvalue weighted by Crippen LogP contribution is -2.52. The Bertz CT molecular complexity index is 311. The number of amides is 2. The van der Waals surface area contributed by atoms with Crippen molar-refractivity contribution in [1.82, 2.24) is 15.5 Å². The second-order valence-electron chi connectivity index (χ2n) is 5.38. The molecule has 2 amide bonds. The molecule has 0 unspecified atom stereocenters. The van der Waals surface area contributed by atoms with Gasteiger partial charge in [-0.15, -0.1) is 0 Å². The van der Waals surface area contributed by atoms with Gasteiger partial charge >= 0.3 is 12.0 Å². The van der Waals surface area contributed by atoms with Crippen molar-refractivity contribution in [1.29, 1.82) is 0 Å². The number of nitrogens with one attached hydrogen (secondary N) is 2. The maximum Gasteiger partial charge on any atom is 0.328 e. The summed E-state index contributed by atoms with van der Waals surface area (Å²) in [4.78, 5) is 24.6. The van der Waals surface area contributed by atoms with Crippen LogP contribution in [0.15, 0.2) is 0 Å². The van der Waals surface area contributed by atoms with E-state index in [9.17, 15) is 14.7 Å². The summed E-state index contributed by atoms with van der Waals surface area (Å²) in [6.07, 6.45) is -1.15. The number of carboxylic acid groups (broad SMARTS) is 1. The normalized spacial score (nSPS) is 14.4. The van der Waals surface area contributed by atoms with Crippen molar-refractivity contribution < 1.29 is 19.8 Å². The van der Waals surface area contributed by atoms with Gasteiger partial charge in [-0.3, -0.25) is 4.90 Å². The Morgan fingerprint density at radius 1 is 1.10 bits per heavy atom. The minimum Gasteiger partial charge on any atom is -0.480 e. The van der Waals surface area contributed by atoms with Crippen LogP contribution in [0.25, 0.3) is 0 Å². The molecule has 0 saturated heterocycles. The summed E-state index contributed by atoms with van der Waals surface area (Å²) in [6.45, 7) is 10.7. The fraction of sp³-hybridized carbons (Fsp3) is 0.846. The van der Waals surface area contributed by atoms with Crippen LogP contribution in [-0.4, -0.2) is 64.4 Å². The number of urea groups is 1. The minimum atomic E-state index is -1.30. The van der Waals surface area contributed by atoms with Crippen molar-refractivity contribution >= 4 is 12.0 Å². The monoisotopic (exact) mass is 289 g/mol. The predicted molar refractivity (Wildman–Crippen MR) is 76.6 cm³/mol. The molecule has 118 valence electrons. The fourth-order valence-electron chi connectivity index (χ4n) is 1.99. The summed E-state index contributed by atoms with van der Waals surface area (Å²) in [5.74, 6) is -1.26. The van der Waals surface area contributed by atoms with Gasteiger partial charge in [0.25, 0.3) is 0 Å². The van der Waals surface area contributed by atoms with Gasteiger partial charge in [-0.1, -0.05) is 0 Å². The smallest absolute Gasteiger partial charge is 0.328 e. The number of carbonyl (C=O) groups is 2. The van der Waals surface area contributed by atoms with Gasteiger partial charge in [-0.2, -0.15) is 0 Å². The maximum atomic E-state index is 11.6. The SMILES string of the molecule is CC(C)N(CCNC(=O)N[C@H](C(=O)O)[C@@H](C)O)C(C)C. The minimum absolute atomic E-state index is 0.365. The van der Waals surface area contributed by atoms with Gasteiger partial charge in [-0.05, 0) is 34.6 Å². The van der Waals surface area contributed by atoms with Gasteiger partial charge < -0.3 is 20.8 Å². The Morgan fingerprint density at radius 3 is 1.95 bits per heavy atom. The van der Waals surface area contributed by atoms with Gasteiger partial charge in [0.15, 0.2) is 6.04 Å². The fourth-order valence-corrected chi connectivity index (χ4v) is 1.99. The molecular formula is C13H27N3O4. The van der Waals surface area contributed by atoms with E-state index < -0.39 is 24.1 Å². The zero-order chi connectivity index (χ0) is 15.9. The van der Waals surface area contributed by atoms with Crippen LogP contribution in [0.1, 0.15) is 34.6 Å². The Morgan fingerprint density at radius 2 is 1.60 bits per heavy atom. The third kappa shape index (κ3) is 6.72. The molecule has 0 aliphatic heterocycles. The van der Waals surface area contributed by atoms with Crippen LogP contribution in [-0.2, 0) is 4.79 Å². The standard InChI is InChI=1S/C13H27N3O4/c1-8(2)16(9(3)4)7-6-14-13(20)15-11(10(5)17)12(18)19/h8-11,17H,6-7H2,1-5H3,(H,18,19)(H2,14,15,20)/t10-,11+/m1/s1. The van der Waals surface area contributed by atoms with Gasteiger partial charge in [-0.25, -0.2) is 9.59 Å². The number of nitrogens with zero attached hydrogens (tertiary/aromatic N) is 1. The summed E-state index contributed by atoms with van der Waals surface area (Å²) in [7, 11) is 0. The molecule has 4 N–H and O–H groups in total. The first-order valence-electron chi connectivity index (χ1n) is 6.87. The lowest BCUT2D eigenvalue weighted by molar-refractivity contribution is -0.141.